The molecule has 0 unspecified atom stereocenters. The molecule has 1 aliphatic carbocycles. The first-order valence-corrected chi connectivity index (χ1v) is 6.51. The molecular weight excluding hydrogens is 260 g/mol. The van der Waals surface area contributed by atoms with Gasteiger partial charge < -0.3 is 13.6 Å². The normalized spacial score (nSPS) is 18.1. The van der Waals surface area contributed by atoms with Crippen LogP contribution in [0.15, 0.2) is 39.4 Å². The number of rotatable bonds is 4. The van der Waals surface area contributed by atoms with Crippen molar-refractivity contribution in [1.29, 1.82) is 0 Å². The van der Waals surface area contributed by atoms with E-state index in [4.69, 9.17) is 13.6 Å². The van der Waals surface area contributed by atoms with E-state index >= 15 is 0 Å². The number of aromatic nitrogens is 2. The zero-order valence-corrected chi connectivity index (χ0v) is 10.8. The summed E-state index contributed by atoms with van der Waals surface area (Å²) in [5, 5.41) is 7.66. The van der Waals surface area contributed by atoms with Crippen LogP contribution in [0.25, 0.3) is 11.7 Å². The molecule has 0 saturated carbocycles. The van der Waals surface area contributed by atoms with Crippen LogP contribution in [0.3, 0.4) is 0 Å². The zero-order chi connectivity index (χ0) is 13.8. The van der Waals surface area contributed by atoms with Gasteiger partial charge in [0.25, 0.3) is 11.8 Å². The average Bonchev–Trinajstić information content (AvgIpc) is 3.16. The summed E-state index contributed by atoms with van der Waals surface area (Å²) in [6, 6.07) is 3.45. The topological polar surface area (TPSA) is 78.4 Å². The van der Waals surface area contributed by atoms with Gasteiger partial charge in [0.2, 0.25) is 0 Å². The Balaban J connectivity index is 1.56. The number of allylic oxidation sites excluding steroid dienone is 2. The molecule has 0 aromatic carbocycles. The van der Waals surface area contributed by atoms with Crippen molar-refractivity contribution in [3.8, 4) is 11.7 Å². The molecule has 6 nitrogen and oxygen atoms in total. The lowest BCUT2D eigenvalue weighted by Crippen LogP contribution is -2.18. The van der Waals surface area contributed by atoms with E-state index < -0.39 is 0 Å². The van der Waals surface area contributed by atoms with E-state index in [1.54, 1.807) is 12.1 Å². The Morgan fingerprint density at radius 3 is 3.10 bits per heavy atom. The fourth-order valence-corrected chi connectivity index (χ4v) is 2.07. The SMILES string of the molecule is O=C(OCc1nnc(-c2ccco2)o1)[C@H]1CC=CCC1. The summed E-state index contributed by atoms with van der Waals surface area (Å²) in [5.41, 5.74) is 0. The van der Waals surface area contributed by atoms with Crippen molar-refractivity contribution in [2.45, 2.75) is 25.9 Å². The second kappa shape index (κ2) is 5.73. The van der Waals surface area contributed by atoms with Crippen LogP contribution < -0.4 is 0 Å². The largest absolute Gasteiger partial charge is 0.459 e. The highest BCUT2D eigenvalue weighted by molar-refractivity contribution is 5.72. The Morgan fingerprint density at radius 2 is 2.35 bits per heavy atom. The Kier molecular flexibility index (Phi) is 3.62. The molecule has 0 amide bonds. The van der Waals surface area contributed by atoms with E-state index in [-0.39, 0.29) is 30.3 Å². The average molecular weight is 274 g/mol. The molecule has 0 bridgehead atoms. The third-order valence-corrected chi connectivity index (χ3v) is 3.14. The fourth-order valence-electron chi connectivity index (χ4n) is 2.07. The first-order chi connectivity index (χ1) is 9.83. The van der Waals surface area contributed by atoms with Crippen LogP contribution in [-0.2, 0) is 16.1 Å². The van der Waals surface area contributed by atoms with Crippen molar-refractivity contribution in [1.82, 2.24) is 10.2 Å². The first-order valence-electron chi connectivity index (χ1n) is 6.51. The van der Waals surface area contributed by atoms with Gasteiger partial charge in [0.1, 0.15) is 0 Å². The number of hydrogen-bond donors (Lipinski definition) is 0. The number of nitrogens with zero attached hydrogens (tertiary/aromatic N) is 2. The molecule has 2 aromatic heterocycles. The maximum absolute atomic E-state index is 11.8. The monoisotopic (exact) mass is 274 g/mol. The number of carbonyl (C=O) groups is 1. The standard InChI is InChI=1S/C14H14N2O4/c17-14(10-5-2-1-3-6-10)19-9-12-15-16-13(20-12)11-7-4-8-18-11/h1-2,4,7-8,10H,3,5-6,9H2/t10-/m0/s1. The van der Waals surface area contributed by atoms with Crippen molar-refractivity contribution >= 4 is 5.97 Å². The molecule has 104 valence electrons. The number of ether oxygens (including phenoxy) is 1. The molecule has 0 radical (unpaired) electrons. The van der Waals surface area contributed by atoms with Crippen LogP contribution in [0.5, 0.6) is 0 Å². The lowest BCUT2D eigenvalue weighted by molar-refractivity contribution is -0.150. The highest BCUT2D eigenvalue weighted by Crippen LogP contribution is 2.21. The lowest BCUT2D eigenvalue weighted by Gasteiger charge is -2.15. The summed E-state index contributed by atoms with van der Waals surface area (Å²) in [7, 11) is 0. The molecular formula is C14H14N2O4. The van der Waals surface area contributed by atoms with E-state index in [1.165, 1.54) is 6.26 Å². The predicted molar refractivity (Wildman–Crippen MR) is 68.3 cm³/mol. The summed E-state index contributed by atoms with van der Waals surface area (Å²) in [6.07, 6.45) is 8.10. The number of hydrogen-bond acceptors (Lipinski definition) is 6. The van der Waals surface area contributed by atoms with Gasteiger partial charge in [-0.2, -0.15) is 0 Å². The lowest BCUT2D eigenvalue weighted by atomic mass is 9.95. The molecule has 2 aromatic rings. The zero-order valence-electron chi connectivity index (χ0n) is 10.8. The van der Waals surface area contributed by atoms with Crippen LogP contribution in [0.4, 0.5) is 0 Å². The van der Waals surface area contributed by atoms with Gasteiger partial charge in [0.05, 0.1) is 12.2 Å². The van der Waals surface area contributed by atoms with E-state index in [0.29, 0.717) is 5.76 Å². The molecule has 0 N–H and O–H groups in total. The van der Waals surface area contributed by atoms with Gasteiger partial charge in [-0.1, -0.05) is 12.2 Å². The molecule has 20 heavy (non-hydrogen) atoms. The summed E-state index contributed by atoms with van der Waals surface area (Å²) in [4.78, 5) is 11.8. The molecule has 1 atom stereocenters. The highest BCUT2D eigenvalue weighted by Gasteiger charge is 2.21. The molecule has 0 saturated heterocycles. The molecule has 6 heteroatoms. The molecule has 3 rings (SSSR count). The summed E-state index contributed by atoms with van der Waals surface area (Å²) in [5.74, 6) is 0.754. The van der Waals surface area contributed by atoms with Gasteiger partial charge in [-0.25, -0.2) is 0 Å². The van der Waals surface area contributed by atoms with Gasteiger partial charge in [0.15, 0.2) is 12.4 Å². The minimum absolute atomic E-state index is 0.00719. The Hall–Kier alpha value is -2.37. The van der Waals surface area contributed by atoms with Crippen LogP contribution >= 0.6 is 0 Å². The van der Waals surface area contributed by atoms with Gasteiger partial charge in [-0.15, -0.1) is 10.2 Å². The van der Waals surface area contributed by atoms with Crippen LogP contribution in [0.1, 0.15) is 25.2 Å². The fraction of sp³-hybridized carbons (Fsp3) is 0.357. The Labute approximate surface area is 115 Å². The Morgan fingerprint density at radius 1 is 1.40 bits per heavy atom. The summed E-state index contributed by atoms with van der Waals surface area (Å²) in [6.45, 7) is -0.00719. The highest BCUT2D eigenvalue weighted by atomic mass is 16.5. The molecule has 1 aliphatic rings. The summed E-state index contributed by atoms with van der Waals surface area (Å²) >= 11 is 0. The van der Waals surface area contributed by atoms with Crippen molar-refractivity contribution < 1.29 is 18.4 Å². The van der Waals surface area contributed by atoms with E-state index in [1.807, 2.05) is 6.08 Å². The van der Waals surface area contributed by atoms with Gasteiger partial charge in [-0.05, 0) is 31.4 Å². The van der Waals surface area contributed by atoms with Crippen LogP contribution in [-0.4, -0.2) is 16.2 Å². The molecule has 0 spiro atoms. The Bertz CT molecular complexity index is 600. The molecule has 2 heterocycles. The van der Waals surface area contributed by atoms with E-state index in [2.05, 4.69) is 16.3 Å². The van der Waals surface area contributed by atoms with E-state index in [0.717, 1.165) is 19.3 Å². The maximum atomic E-state index is 11.8. The minimum Gasteiger partial charge on any atom is -0.459 e. The third kappa shape index (κ3) is 2.79. The van der Waals surface area contributed by atoms with Crippen LogP contribution in [0.2, 0.25) is 0 Å². The molecule has 0 aliphatic heterocycles. The number of esters is 1. The first kappa shape index (κ1) is 12.7. The second-order valence-electron chi connectivity index (χ2n) is 4.57. The number of carbonyl (C=O) groups excluding carboxylic acids is 1. The molecule has 0 fully saturated rings. The van der Waals surface area contributed by atoms with Gasteiger partial charge in [0, 0.05) is 0 Å². The second-order valence-corrected chi connectivity index (χ2v) is 4.57. The smallest absolute Gasteiger partial charge is 0.309 e. The van der Waals surface area contributed by atoms with Gasteiger partial charge in [-0.3, -0.25) is 4.79 Å². The van der Waals surface area contributed by atoms with Crippen LogP contribution in [0, 0.1) is 5.92 Å². The minimum atomic E-state index is -0.216. The van der Waals surface area contributed by atoms with Crippen molar-refractivity contribution in [3.05, 3.63) is 36.4 Å². The van der Waals surface area contributed by atoms with Crippen molar-refractivity contribution in [2.75, 3.05) is 0 Å². The van der Waals surface area contributed by atoms with Gasteiger partial charge >= 0.3 is 5.97 Å². The predicted octanol–water partition coefficient (Wildman–Crippen LogP) is 2.73. The van der Waals surface area contributed by atoms with E-state index in [9.17, 15) is 4.79 Å². The third-order valence-electron chi connectivity index (χ3n) is 3.14. The maximum Gasteiger partial charge on any atom is 0.309 e. The summed E-state index contributed by atoms with van der Waals surface area (Å²) < 4.78 is 15.7. The quantitative estimate of drug-likeness (QED) is 0.630. The van der Waals surface area contributed by atoms with Crippen molar-refractivity contribution in [2.24, 2.45) is 5.92 Å². The number of furan rings is 1. The van der Waals surface area contributed by atoms with Crippen molar-refractivity contribution in [3.63, 3.8) is 0 Å².